The van der Waals surface area contributed by atoms with Gasteiger partial charge in [0.25, 0.3) is 5.91 Å². The molecule has 3 rings (SSSR count). The standard InChI is InChI=1S/C16H21NO3S/c1-20-16(19)12-7-8-17(10-12)15(18)14-9-11-5-3-2-4-6-13(11)21-14/h9,12H,2-8,10H2,1H3. The molecule has 2 aliphatic rings. The van der Waals surface area contributed by atoms with Gasteiger partial charge in [-0.05, 0) is 43.7 Å². The third-order valence-electron chi connectivity index (χ3n) is 4.47. The van der Waals surface area contributed by atoms with E-state index in [1.165, 1.54) is 36.8 Å². The third-order valence-corrected chi connectivity index (χ3v) is 5.69. The van der Waals surface area contributed by atoms with Crippen molar-refractivity contribution in [1.29, 1.82) is 0 Å². The van der Waals surface area contributed by atoms with Gasteiger partial charge in [0.15, 0.2) is 0 Å². The van der Waals surface area contributed by atoms with Crippen LogP contribution in [0.3, 0.4) is 0 Å². The zero-order valence-electron chi connectivity index (χ0n) is 12.4. The molecule has 1 atom stereocenters. The van der Waals surface area contributed by atoms with Crippen LogP contribution in [0.25, 0.3) is 0 Å². The highest BCUT2D eigenvalue weighted by Crippen LogP contribution is 2.30. The first-order valence-electron chi connectivity index (χ1n) is 7.67. The smallest absolute Gasteiger partial charge is 0.310 e. The summed E-state index contributed by atoms with van der Waals surface area (Å²) in [5.41, 5.74) is 1.37. The van der Waals surface area contributed by atoms with Crippen LogP contribution in [0.1, 0.15) is 45.8 Å². The quantitative estimate of drug-likeness (QED) is 0.623. The van der Waals surface area contributed by atoms with E-state index in [1.807, 2.05) is 0 Å². The Balaban J connectivity index is 1.70. The molecule has 5 heteroatoms. The Bertz CT molecular complexity index is 528. The molecule has 1 amide bonds. The van der Waals surface area contributed by atoms with Gasteiger partial charge in [0.2, 0.25) is 0 Å². The number of esters is 1. The normalized spacial score (nSPS) is 21.8. The summed E-state index contributed by atoms with van der Waals surface area (Å²) in [5, 5.41) is 0. The van der Waals surface area contributed by atoms with Gasteiger partial charge >= 0.3 is 5.97 Å². The van der Waals surface area contributed by atoms with Crippen LogP contribution in [-0.4, -0.2) is 37.0 Å². The van der Waals surface area contributed by atoms with E-state index in [4.69, 9.17) is 4.74 Å². The second-order valence-electron chi connectivity index (χ2n) is 5.88. The van der Waals surface area contributed by atoms with Crippen molar-refractivity contribution in [2.45, 2.75) is 38.5 Å². The Morgan fingerprint density at radius 3 is 2.90 bits per heavy atom. The van der Waals surface area contributed by atoms with E-state index in [2.05, 4.69) is 6.07 Å². The monoisotopic (exact) mass is 307 g/mol. The molecule has 0 spiro atoms. The molecular formula is C16H21NO3S. The van der Waals surface area contributed by atoms with Crippen molar-refractivity contribution in [3.8, 4) is 0 Å². The summed E-state index contributed by atoms with van der Waals surface area (Å²) >= 11 is 1.65. The van der Waals surface area contributed by atoms with Crippen LogP contribution >= 0.6 is 11.3 Å². The lowest BCUT2D eigenvalue weighted by atomic mass is 10.1. The molecule has 0 bridgehead atoms. The van der Waals surface area contributed by atoms with Crippen molar-refractivity contribution in [1.82, 2.24) is 4.90 Å². The number of thiophene rings is 1. The van der Waals surface area contributed by atoms with Gasteiger partial charge in [-0.1, -0.05) is 6.42 Å². The number of aryl methyl sites for hydroxylation is 2. The third kappa shape index (κ3) is 2.98. The average Bonchev–Trinajstić information content (AvgIpc) is 3.09. The molecule has 21 heavy (non-hydrogen) atoms. The highest BCUT2D eigenvalue weighted by Gasteiger charge is 2.33. The SMILES string of the molecule is COC(=O)C1CCN(C(=O)c2cc3c(s2)CCCCC3)C1. The molecule has 114 valence electrons. The minimum absolute atomic E-state index is 0.0828. The zero-order valence-corrected chi connectivity index (χ0v) is 13.2. The number of carbonyl (C=O) groups excluding carboxylic acids is 2. The van der Waals surface area contributed by atoms with Crippen LogP contribution in [0.2, 0.25) is 0 Å². The second-order valence-corrected chi connectivity index (χ2v) is 7.02. The van der Waals surface area contributed by atoms with Gasteiger partial charge in [-0.2, -0.15) is 0 Å². The van der Waals surface area contributed by atoms with Crippen LogP contribution in [0.15, 0.2) is 6.07 Å². The molecular weight excluding hydrogens is 286 g/mol. The fourth-order valence-corrected chi connectivity index (χ4v) is 4.45. The molecule has 0 saturated carbocycles. The molecule has 1 saturated heterocycles. The molecule has 0 aromatic carbocycles. The van der Waals surface area contributed by atoms with E-state index in [1.54, 1.807) is 16.2 Å². The zero-order chi connectivity index (χ0) is 14.8. The fraction of sp³-hybridized carbons (Fsp3) is 0.625. The number of hydrogen-bond acceptors (Lipinski definition) is 4. The predicted octanol–water partition coefficient (Wildman–Crippen LogP) is 2.65. The number of hydrogen-bond donors (Lipinski definition) is 0. The minimum atomic E-state index is -0.202. The van der Waals surface area contributed by atoms with Gasteiger partial charge in [0, 0.05) is 18.0 Å². The van der Waals surface area contributed by atoms with Crippen molar-refractivity contribution < 1.29 is 14.3 Å². The number of methoxy groups -OCH3 is 1. The number of likely N-dealkylation sites (tertiary alicyclic amines) is 1. The van der Waals surface area contributed by atoms with Crippen molar-refractivity contribution in [3.63, 3.8) is 0 Å². The highest BCUT2D eigenvalue weighted by atomic mass is 32.1. The maximum atomic E-state index is 12.6. The number of nitrogens with zero attached hydrogens (tertiary/aromatic N) is 1. The number of ether oxygens (including phenoxy) is 1. The molecule has 0 N–H and O–H groups in total. The summed E-state index contributed by atoms with van der Waals surface area (Å²) in [6.45, 7) is 1.15. The molecule has 1 unspecified atom stereocenters. The lowest BCUT2D eigenvalue weighted by Crippen LogP contribution is -2.29. The molecule has 4 nitrogen and oxygen atoms in total. The number of fused-ring (bicyclic) bond motifs is 1. The molecule has 2 heterocycles. The number of carbonyl (C=O) groups is 2. The predicted molar refractivity (Wildman–Crippen MR) is 81.6 cm³/mol. The summed E-state index contributed by atoms with van der Waals surface area (Å²) in [6, 6.07) is 2.08. The van der Waals surface area contributed by atoms with Crippen molar-refractivity contribution in [3.05, 3.63) is 21.4 Å². The summed E-state index contributed by atoms with van der Waals surface area (Å²) in [7, 11) is 1.41. The first-order chi connectivity index (χ1) is 10.2. The molecule has 1 aromatic rings. The van der Waals surface area contributed by atoms with Gasteiger partial charge < -0.3 is 9.64 Å². The van der Waals surface area contributed by atoms with Gasteiger partial charge in [-0.3, -0.25) is 9.59 Å². The summed E-state index contributed by atoms with van der Waals surface area (Å²) < 4.78 is 4.77. The van der Waals surface area contributed by atoms with Crippen LogP contribution in [0, 0.1) is 5.92 Å². The molecule has 1 aromatic heterocycles. The van der Waals surface area contributed by atoms with Gasteiger partial charge in [-0.25, -0.2) is 0 Å². The second kappa shape index (κ2) is 6.18. The van der Waals surface area contributed by atoms with Gasteiger partial charge in [-0.15, -0.1) is 11.3 Å². The minimum Gasteiger partial charge on any atom is -0.469 e. The van der Waals surface area contributed by atoms with E-state index >= 15 is 0 Å². The van der Waals surface area contributed by atoms with E-state index in [0.29, 0.717) is 19.5 Å². The maximum Gasteiger partial charge on any atom is 0.310 e. The lowest BCUT2D eigenvalue weighted by molar-refractivity contribution is -0.144. The van der Waals surface area contributed by atoms with E-state index < -0.39 is 0 Å². The fourth-order valence-electron chi connectivity index (χ4n) is 3.23. The van der Waals surface area contributed by atoms with Crippen LogP contribution in [0.4, 0.5) is 0 Å². The van der Waals surface area contributed by atoms with E-state index in [9.17, 15) is 9.59 Å². The van der Waals surface area contributed by atoms with E-state index in [0.717, 1.165) is 17.7 Å². The summed E-state index contributed by atoms with van der Waals surface area (Å²) in [5.74, 6) is -0.275. The van der Waals surface area contributed by atoms with Crippen LogP contribution in [0.5, 0.6) is 0 Å². The topological polar surface area (TPSA) is 46.6 Å². The van der Waals surface area contributed by atoms with Crippen LogP contribution < -0.4 is 0 Å². The summed E-state index contributed by atoms with van der Waals surface area (Å²) in [6.07, 6.45) is 6.67. The number of rotatable bonds is 2. The Morgan fingerprint density at radius 1 is 1.29 bits per heavy atom. The Kier molecular flexibility index (Phi) is 4.29. The van der Waals surface area contributed by atoms with E-state index in [-0.39, 0.29) is 17.8 Å². The molecule has 1 fully saturated rings. The Morgan fingerprint density at radius 2 is 2.10 bits per heavy atom. The Labute approximate surface area is 129 Å². The van der Waals surface area contributed by atoms with Crippen molar-refractivity contribution in [2.75, 3.05) is 20.2 Å². The summed E-state index contributed by atoms with van der Waals surface area (Å²) in [4.78, 5) is 28.2. The molecule has 1 aliphatic carbocycles. The van der Waals surface area contributed by atoms with Crippen LogP contribution in [-0.2, 0) is 22.4 Å². The first kappa shape index (κ1) is 14.6. The van der Waals surface area contributed by atoms with Crippen molar-refractivity contribution >= 4 is 23.2 Å². The lowest BCUT2D eigenvalue weighted by Gasteiger charge is -2.14. The average molecular weight is 307 g/mol. The molecule has 1 aliphatic heterocycles. The Hall–Kier alpha value is -1.36. The first-order valence-corrected chi connectivity index (χ1v) is 8.49. The van der Waals surface area contributed by atoms with Gasteiger partial charge in [0.05, 0.1) is 17.9 Å². The highest BCUT2D eigenvalue weighted by molar-refractivity contribution is 7.14. The van der Waals surface area contributed by atoms with Gasteiger partial charge in [0.1, 0.15) is 0 Å². The van der Waals surface area contributed by atoms with Crippen molar-refractivity contribution in [2.24, 2.45) is 5.92 Å². The largest absolute Gasteiger partial charge is 0.469 e. The number of amides is 1. The molecule has 0 radical (unpaired) electrons. The maximum absolute atomic E-state index is 12.6.